The molecule has 2 heterocycles. The van der Waals surface area contributed by atoms with Crippen LogP contribution in [0.3, 0.4) is 0 Å². The Labute approximate surface area is 169 Å². The second-order valence-corrected chi connectivity index (χ2v) is 8.63. The van der Waals surface area contributed by atoms with Gasteiger partial charge in [0.15, 0.2) is 0 Å². The van der Waals surface area contributed by atoms with Crippen molar-refractivity contribution in [2.75, 3.05) is 6.54 Å². The van der Waals surface area contributed by atoms with Crippen molar-refractivity contribution < 1.29 is 19.4 Å². The van der Waals surface area contributed by atoms with Gasteiger partial charge in [0.1, 0.15) is 5.60 Å². The van der Waals surface area contributed by atoms with Gasteiger partial charge in [-0.05, 0) is 51.8 Å². The average Bonchev–Trinajstić information content (AvgIpc) is 3.24. The number of carboxylic acid groups (broad SMARTS) is 1. The van der Waals surface area contributed by atoms with Gasteiger partial charge in [0, 0.05) is 29.4 Å². The Morgan fingerprint density at radius 2 is 1.83 bits per heavy atom. The lowest BCUT2D eigenvalue weighted by atomic mass is 10.1. The molecule has 0 spiro atoms. The third-order valence-corrected chi connectivity index (χ3v) is 5.42. The first-order valence-corrected chi connectivity index (χ1v) is 9.98. The number of fused-ring (bicyclic) bond motifs is 3. The molecule has 1 N–H and O–H groups in total. The number of benzene rings is 2. The standard InChI is InChI=1S/C23H26N2O4/c1-23(2,3)29-22(28)24-12-6-7-16(24)14-25-19-9-5-4-8-17(19)18-11-10-15(21(26)27)13-20(18)25/h4-5,8-11,13,16H,6-7,12,14H2,1-3H3,(H,26,27)/t16-/m0/s1. The zero-order valence-corrected chi connectivity index (χ0v) is 17.0. The number of hydrogen-bond acceptors (Lipinski definition) is 3. The molecule has 1 aliphatic heterocycles. The van der Waals surface area contributed by atoms with Crippen LogP contribution in [0.5, 0.6) is 0 Å². The van der Waals surface area contributed by atoms with Crippen LogP contribution in [0.15, 0.2) is 42.5 Å². The van der Waals surface area contributed by atoms with E-state index in [2.05, 4.69) is 10.6 Å². The van der Waals surface area contributed by atoms with E-state index in [0.29, 0.717) is 13.1 Å². The van der Waals surface area contributed by atoms with Crippen LogP contribution in [0, 0.1) is 0 Å². The smallest absolute Gasteiger partial charge is 0.410 e. The van der Waals surface area contributed by atoms with E-state index in [-0.39, 0.29) is 17.7 Å². The van der Waals surface area contributed by atoms with E-state index in [1.165, 1.54) is 0 Å². The molecule has 0 unspecified atom stereocenters. The molecule has 0 radical (unpaired) electrons. The summed E-state index contributed by atoms with van der Waals surface area (Å²) in [5.41, 5.74) is 1.65. The molecule has 6 heteroatoms. The largest absolute Gasteiger partial charge is 0.478 e. The van der Waals surface area contributed by atoms with E-state index < -0.39 is 11.6 Å². The molecule has 1 fully saturated rings. The van der Waals surface area contributed by atoms with Gasteiger partial charge in [-0.2, -0.15) is 0 Å². The monoisotopic (exact) mass is 394 g/mol. The number of ether oxygens (including phenoxy) is 1. The number of nitrogens with zero attached hydrogens (tertiary/aromatic N) is 2. The van der Waals surface area contributed by atoms with E-state index in [4.69, 9.17) is 4.74 Å². The highest BCUT2D eigenvalue weighted by molar-refractivity contribution is 6.09. The summed E-state index contributed by atoms with van der Waals surface area (Å²) in [5, 5.41) is 11.5. The Hall–Kier alpha value is -3.02. The minimum Gasteiger partial charge on any atom is -0.478 e. The summed E-state index contributed by atoms with van der Waals surface area (Å²) < 4.78 is 7.74. The fourth-order valence-electron chi connectivity index (χ4n) is 4.18. The van der Waals surface area contributed by atoms with Crippen LogP contribution in [0.1, 0.15) is 44.0 Å². The van der Waals surface area contributed by atoms with E-state index >= 15 is 0 Å². The number of likely N-dealkylation sites (tertiary alicyclic amines) is 1. The molecule has 1 amide bonds. The lowest BCUT2D eigenvalue weighted by molar-refractivity contribution is 0.0215. The second kappa shape index (κ2) is 7.10. The van der Waals surface area contributed by atoms with Gasteiger partial charge in [-0.3, -0.25) is 0 Å². The van der Waals surface area contributed by atoms with Crippen molar-refractivity contribution in [3.05, 3.63) is 48.0 Å². The van der Waals surface area contributed by atoms with Gasteiger partial charge >= 0.3 is 12.1 Å². The molecule has 0 aliphatic carbocycles. The third-order valence-electron chi connectivity index (χ3n) is 5.42. The highest BCUT2D eigenvalue weighted by atomic mass is 16.6. The van der Waals surface area contributed by atoms with Crippen molar-refractivity contribution in [2.45, 2.75) is 51.8 Å². The highest BCUT2D eigenvalue weighted by Gasteiger charge is 2.33. The predicted octanol–water partition coefficient (Wildman–Crippen LogP) is 4.89. The number of carbonyl (C=O) groups is 2. The fraction of sp³-hybridized carbons (Fsp3) is 0.391. The van der Waals surface area contributed by atoms with Gasteiger partial charge in [-0.1, -0.05) is 24.3 Å². The summed E-state index contributed by atoms with van der Waals surface area (Å²) in [5.74, 6) is -0.944. The first kappa shape index (κ1) is 19.3. The summed E-state index contributed by atoms with van der Waals surface area (Å²) in [7, 11) is 0. The molecular weight excluding hydrogens is 368 g/mol. The Balaban J connectivity index is 1.75. The van der Waals surface area contributed by atoms with Crippen molar-refractivity contribution in [3.8, 4) is 0 Å². The molecule has 1 aromatic heterocycles. The summed E-state index contributed by atoms with van der Waals surface area (Å²) in [4.78, 5) is 26.0. The number of para-hydroxylation sites is 1. The molecule has 6 nitrogen and oxygen atoms in total. The number of carboxylic acids is 1. The van der Waals surface area contributed by atoms with Crippen molar-refractivity contribution in [2.24, 2.45) is 0 Å². The first-order chi connectivity index (χ1) is 13.7. The molecular formula is C23H26N2O4. The molecule has 1 aliphatic rings. The molecule has 152 valence electrons. The van der Waals surface area contributed by atoms with Crippen LogP contribution in [-0.2, 0) is 11.3 Å². The van der Waals surface area contributed by atoms with E-state index in [9.17, 15) is 14.7 Å². The van der Waals surface area contributed by atoms with Crippen LogP contribution in [0.4, 0.5) is 4.79 Å². The molecule has 0 bridgehead atoms. The third kappa shape index (κ3) is 3.67. The SMILES string of the molecule is CC(C)(C)OC(=O)N1CCC[C@H]1Cn1c2ccccc2c2ccc(C(=O)O)cc21. The summed E-state index contributed by atoms with van der Waals surface area (Å²) in [6.07, 6.45) is 1.54. The Morgan fingerprint density at radius 1 is 1.10 bits per heavy atom. The van der Waals surface area contributed by atoms with Crippen molar-refractivity contribution in [1.82, 2.24) is 9.47 Å². The number of hydrogen-bond donors (Lipinski definition) is 1. The van der Waals surface area contributed by atoms with E-state index in [1.807, 2.05) is 49.9 Å². The highest BCUT2D eigenvalue weighted by Crippen LogP contribution is 2.32. The van der Waals surface area contributed by atoms with Crippen molar-refractivity contribution in [3.63, 3.8) is 0 Å². The average molecular weight is 394 g/mol. The van der Waals surface area contributed by atoms with Crippen LogP contribution < -0.4 is 0 Å². The van der Waals surface area contributed by atoms with Crippen LogP contribution in [0.25, 0.3) is 21.8 Å². The Morgan fingerprint density at radius 3 is 2.55 bits per heavy atom. The van der Waals surface area contributed by atoms with E-state index in [1.54, 1.807) is 12.1 Å². The fourth-order valence-corrected chi connectivity index (χ4v) is 4.18. The minimum absolute atomic E-state index is 0.0114. The van der Waals surface area contributed by atoms with Gasteiger partial charge in [-0.25, -0.2) is 9.59 Å². The minimum atomic E-state index is -0.944. The van der Waals surface area contributed by atoms with Crippen LogP contribution >= 0.6 is 0 Å². The molecule has 4 rings (SSSR count). The van der Waals surface area contributed by atoms with Crippen molar-refractivity contribution in [1.29, 1.82) is 0 Å². The number of aromatic carboxylic acids is 1. The van der Waals surface area contributed by atoms with Gasteiger partial charge in [0.2, 0.25) is 0 Å². The molecule has 1 saturated heterocycles. The molecule has 2 aromatic carbocycles. The van der Waals surface area contributed by atoms with Gasteiger partial charge in [0.05, 0.1) is 17.1 Å². The Bertz CT molecular complexity index is 1090. The number of carbonyl (C=O) groups excluding carboxylic acids is 1. The number of aromatic nitrogens is 1. The van der Waals surface area contributed by atoms with Gasteiger partial charge in [0.25, 0.3) is 0 Å². The zero-order chi connectivity index (χ0) is 20.8. The lowest BCUT2D eigenvalue weighted by Gasteiger charge is -2.29. The number of rotatable bonds is 3. The lowest BCUT2D eigenvalue weighted by Crippen LogP contribution is -2.41. The molecule has 1 atom stereocenters. The maximum Gasteiger partial charge on any atom is 0.410 e. The van der Waals surface area contributed by atoms with Gasteiger partial charge in [-0.15, -0.1) is 0 Å². The maximum absolute atomic E-state index is 12.7. The predicted molar refractivity (Wildman–Crippen MR) is 112 cm³/mol. The summed E-state index contributed by atoms with van der Waals surface area (Å²) >= 11 is 0. The number of amides is 1. The topological polar surface area (TPSA) is 71.8 Å². The van der Waals surface area contributed by atoms with Gasteiger partial charge < -0.3 is 19.3 Å². The zero-order valence-electron chi connectivity index (χ0n) is 17.0. The summed E-state index contributed by atoms with van der Waals surface area (Å²) in [6, 6.07) is 13.3. The van der Waals surface area contributed by atoms with Crippen LogP contribution in [-0.4, -0.2) is 44.8 Å². The first-order valence-electron chi connectivity index (χ1n) is 9.98. The van der Waals surface area contributed by atoms with Crippen LogP contribution in [0.2, 0.25) is 0 Å². The molecule has 0 saturated carbocycles. The molecule has 29 heavy (non-hydrogen) atoms. The van der Waals surface area contributed by atoms with Crippen molar-refractivity contribution >= 4 is 33.9 Å². The van der Waals surface area contributed by atoms with E-state index in [0.717, 1.165) is 34.6 Å². The molecule has 3 aromatic rings. The quantitative estimate of drug-likeness (QED) is 0.686. The maximum atomic E-state index is 12.7. The Kier molecular flexibility index (Phi) is 4.73. The second-order valence-electron chi connectivity index (χ2n) is 8.63. The normalized spacial score (nSPS) is 17.2. The summed E-state index contributed by atoms with van der Waals surface area (Å²) in [6.45, 7) is 6.90.